The number of amides is 2. The van der Waals surface area contributed by atoms with Gasteiger partial charge >= 0.3 is 0 Å². The van der Waals surface area contributed by atoms with E-state index in [-0.39, 0.29) is 15.5 Å². The first-order valence-electron chi connectivity index (χ1n) is 8.05. The van der Waals surface area contributed by atoms with Gasteiger partial charge in [-0.3, -0.25) is 14.9 Å². The van der Waals surface area contributed by atoms with Gasteiger partial charge in [-0.05, 0) is 37.0 Å². The molecule has 0 bridgehead atoms. The number of hydrogen-bond donors (Lipinski definition) is 1. The van der Waals surface area contributed by atoms with E-state index in [1.54, 1.807) is 0 Å². The van der Waals surface area contributed by atoms with Crippen molar-refractivity contribution in [3.05, 3.63) is 33.2 Å². The van der Waals surface area contributed by atoms with Gasteiger partial charge in [0.05, 0.1) is 15.6 Å². The number of thioether (sulfide) groups is 1. The van der Waals surface area contributed by atoms with Crippen molar-refractivity contribution in [2.24, 2.45) is 0 Å². The lowest BCUT2D eigenvalue weighted by Gasteiger charge is -2.35. The maximum Gasteiger partial charge on any atom is 0.290 e. The van der Waals surface area contributed by atoms with E-state index in [0.29, 0.717) is 24.3 Å². The van der Waals surface area contributed by atoms with Crippen molar-refractivity contribution in [1.29, 1.82) is 0 Å². The second kappa shape index (κ2) is 7.17. The van der Waals surface area contributed by atoms with Crippen LogP contribution in [-0.4, -0.2) is 49.3 Å². The molecule has 5 nitrogen and oxygen atoms in total. The molecule has 0 radical (unpaired) electrons. The Hall–Kier alpha value is -1.64. The molecular weight excluding hydrogens is 384 g/mol. The van der Waals surface area contributed by atoms with Crippen molar-refractivity contribution in [3.63, 3.8) is 0 Å². The molecule has 0 unspecified atom stereocenters. The number of rotatable bonds is 3. The molecule has 0 aliphatic carbocycles. The number of imide groups is 1. The van der Waals surface area contributed by atoms with Crippen LogP contribution < -0.4 is 10.2 Å². The van der Waals surface area contributed by atoms with E-state index in [1.165, 1.54) is 18.2 Å². The van der Waals surface area contributed by atoms with Crippen LogP contribution in [0.4, 0.5) is 19.3 Å². The summed E-state index contributed by atoms with van der Waals surface area (Å²) >= 11 is 7.12. The Morgan fingerprint density at radius 2 is 1.88 bits per heavy atom. The van der Waals surface area contributed by atoms with Crippen LogP contribution in [0.3, 0.4) is 0 Å². The molecule has 1 aromatic rings. The third-order valence-corrected chi connectivity index (χ3v) is 5.45. The van der Waals surface area contributed by atoms with Gasteiger partial charge in [-0.2, -0.15) is 0 Å². The predicted octanol–water partition coefficient (Wildman–Crippen LogP) is 3.53. The van der Waals surface area contributed by atoms with Crippen LogP contribution in [0.5, 0.6) is 0 Å². The van der Waals surface area contributed by atoms with Crippen molar-refractivity contribution in [2.75, 3.05) is 38.1 Å². The van der Waals surface area contributed by atoms with Crippen molar-refractivity contribution in [2.45, 2.75) is 12.8 Å². The highest BCUT2D eigenvalue weighted by atomic mass is 35.5. The zero-order valence-electron chi connectivity index (χ0n) is 14.3. The van der Waals surface area contributed by atoms with E-state index >= 15 is 0 Å². The second-order valence-corrected chi connectivity index (χ2v) is 7.85. The predicted molar refractivity (Wildman–Crippen MR) is 99.8 cm³/mol. The fourth-order valence-electron chi connectivity index (χ4n) is 2.91. The second-order valence-electron chi connectivity index (χ2n) is 6.43. The average Bonchev–Trinajstić information content (AvgIpc) is 2.85. The molecule has 2 heterocycles. The summed E-state index contributed by atoms with van der Waals surface area (Å²) in [5.74, 6) is -3.60. The molecule has 0 aromatic heterocycles. The van der Waals surface area contributed by atoms with Crippen LogP contribution in [-0.2, 0) is 10.7 Å². The Kier molecular flexibility index (Phi) is 5.28. The minimum Gasteiger partial charge on any atom is -0.367 e. The highest BCUT2D eigenvalue weighted by molar-refractivity contribution is 8.18. The number of nitrogens with zero attached hydrogens (tertiary/aromatic N) is 2. The van der Waals surface area contributed by atoms with Crippen molar-refractivity contribution in [3.8, 4) is 0 Å². The van der Waals surface area contributed by atoms with Gasteiger partial charge in [-0.25, -0.2) is 8.78 Å². The zero-order valence-corrected chi connectivity index (χ0v) is 15.9. The number of halogens is 3. The molecule has 1 aromatic carbocycles. The van der Waals surface area contributed by atoms with Crippen LogP contribution in [0.2, 0.25) is 5.02 Å². The van der Waals surface area contributed by atoms with Crippen LogP contribution >= 0.6 is 23.4 Å². The molecule has 0 saturated carbocycles. The quantitative estimate of drug-likeness (QED) is 0.785. The number of benzene rings is 1. The molecule has 2 aliphatic heterocycles. The maximum absolute atomic E-state index is 13.9. The van der Waals surface area contributed by atoms with Crippen LogP contribution in [0.15, 0.2) is 17.0 Å². The topological polar surface area (TPSA) is 52.6 Å². The number of nitrogens with one attached hydrogen (secondary N) is 1. The molecule has 0 spiro atoms. The molecule has 0 atom stereocenters. The SMILES string of the molecule is CN1CCN(c2c(Cl)cc(C(C)(F)F)cc2/C=C2\SC(=O)NC2=O)CC1. The summed E-state index contributed by atoms with van der Waals surface area (Å²) < 4.78 is 27.7. The van der Waals surface area contributed by atoms with E-state index < -0.39 is 17.1 Å². The summed E-state index contributed by atoms with van der Waals surface area (Å²) in [7, 11) is 2.01. The first-order chi connectivity index (χ1) is 12.1. The number of piperazine rings is 1. The molecule has 1 N–H and O–H groups in total. The van der Waals surface area contributed by atoms with E-state index in [1.807, 2.05) is 11.9 Å². The number of hydrogen-bond acceptors (Lipinski definition) is 5. The molecule has 3 rings (SSSR count). The molecule has 2 fully saturated rings. The van der Waals surface area contributed by atoms with Gasteiger partial charge in [0.25, 0.3) is 17.1 Å². The third-order valence-electron chi connectivity index (χ3n) is 4.35. The van der Waals surface area contributed by atoms with Crippen molar-refractivity contribution >= 4 is 46.3 Å². The normalized spacial score (nSPS) is 20.8. The Bertz CT molecular complexity index is 787. The third kappa shape index (κ3) is 4.02. The minimum atomic E-state index is -3.07. The summed E-state index contributed by atoms with van der Waals surface area (Å²) in [5.41, 5.74) is 0.779. The van der Waals surface area contributed by atoms with E-state index in [9.17, 15) is 18.4 Å². The first-order valence-corrected chi connectivity index (χ1v) is 9.25. The van der Waals surface area contributed by atoms with Gasteiger partial charge < -0.3 is 9.80 Å². The highest BCUT2D eigenvalue weighted by Crippen LogP contribution is 2.39. The van der Waals surface area contributed by atoms with E-state index in [4.69, 9.17) is 11.6 Å². The van der Waals surface area contributed by atoms with Crippen molar-refractivity contribution in [1.82, 2.24) is 10.2 Å². The highest BCUT2D eigenvalue weighted by Gasteiger charge is 2.30. The lowest BCUT2D eigenvalue weighted by molar-refractivity contribution is -0.115. The molecule has 9 heteroatoms. The monoisotopic (exact) mass is 401 g/mol. The number of carbonyl (C=O) groups excluding carboxylic acids is 2. The number of carbonyl (C=O) groups is 2. The summed E-state index contributed by atoms with van der Waals surface area (Å²) in [5, 5.41) is 1.89. The van der Waals surface area contributed by atoms with Gasteiger partial charge in [0, 0.05) is 44.2 Å². The van der Waals surface area contributed by atoms with Gasteiger partial charge in [0.15, 0.2) is 0 Å². The molecule has 2 saturated heterocycles. The molecule has 2 amide bonds. The van der Waals surface area contributed by atoms with Crippen LogP contribution in [0, 0.1) is 0 Å². The van der Waals surface area contributed by atoms with Gasteiger partial charge in [0.2, 0.25) is 0 Å². The van der Waals surface area contributed by atoms with Crippen LogP contribution in [0.25, 0.3) is 6.08 Å². The summed E-state index contributed by atoms with van der Waals surface area (Å²) in [6.45, 7) is 3.79. The van der Waals surface area contributed by atoms with Crippen molar-refractivity contribution < 1.29 is 18.4 Å². The number of alkyl halides is 2. The average molecular weight is 402 g/mol. The standard InChI is InChI=1S/C17H18ClF2N3O2S/c1-17(19,20)11-7-10(8-13-15(24)21-16(25)26-13)14(12(18)9-11)23-5-3-22(2)4-6-23/h7-9H,3-6H2,1-2H3,(H,21,24,25)/b13-8-. The summed E-state index contributed by atoms with van der Waals surface area (Å²) in [6.07, 6.45) is 1.46. The number of likely N-dealkylation sites (N-methyl/N-ethyl adjacent to an activating group) is 1. The summed E-state index contributed by atoms with van der Waals surface area (Å²) in [6, 6.07) is 2.60. The first kappa shape index (κ1) is 19.1. The van der Waals surface area contributed by atoms with E-state index in [0.717, 1.165) is 31.8 Å². The molecule has 26 heavy (non-hydrogen) atoms. The summed E-state index contributed by atoms with van der Waals surface area (Å²) in [4.78, 5) is 27.6. The number of anilines is 1. The Morgan fingerprint density at radius 1 is 1.23 bits per heavy atom. The minimum absolute atomic E-state index is 0.165. The Labute approximate surface area is 159 Å². The molecule has 2 aliphatic rings. The van der Waals surface area contributed by atoms with Gasteiger partial charge in [0.1, 0.15) is 0 Å². The Morgan fingerprint density at radius 3 is 2.42 bits per heavy atom. The smallest absolute Gasteiger partial charge is 0.290 e. The lowest BCUT2D eigenvalue weighted by Crippen LogP contribution is -2.44. The van der Waals surface area contributed by atoms with Crippen LogP contribution in [0.1, 0.15) is 18.1 Å². The largest absolute Gasteiger partial charge is 0.367 e. The van der Waals surface area contributed by atoms with Gasteiger partial charge in [-0.1, -0.05) is 11.6 Å². The fraction of sp³-hybridized carbons (Fsp3) is 0.412. The lowest BCUT2D eigenvalue weighted by atomic mass is 10.0. The molecular formula is C17H18ClF2N3O2S. The Balaban J connectivity index is 2.09. The van der Waals surface area contributed by atoms with E-state index in [2.05, 4.69) is 10.2 Å². The zero-order chi connectivity index (χ0) is 19.1. The van der Waals surface area contributed by atoms with Gasteiger partial charge in [-0.15, -0.1) is 0 Å². The fourth-order valence-corrected chi connectivity index (χ4v) is 3.93. The maximum atomic E-state index is 13.9. The molecule has 140 valence electrons.